The summed E-state index contributed by atoms with van der Waals surface area (Å²) in [5, 5.41) is 6.41. The second-order valence-electron chi connectivity index (χ2n) is 7.76. The lowest BCUT2D eigenvalue weighted by molar-refractivity contribution is -0.127. The van der Waals surface area contributed by atoms with Crippen LogP contribution in [0.4, 0.5) is 10.5 Å². The van der Waals surface area contributed by atoms with E-state index >= 15 is 0 Å². The minimum atomic E-state index is -0.133. The van der Waals surface area contributed by atoms with Crippen molar-refractivity contribution in [2.75, 3.05) is 38.0 Å². The molecule has 0 aromatic heterocycles. The summed E-state index contributed by atoms with van der Waals surface area (Å²) in [4.78, 5) is 39.8. The summed E-state index contributed by atoms with van der Waals surface area (Å²) in [5.74, 6) is 0.576. The van der Waals surface area contributed by atoms with Crippen LogP contribution in [0.2, 0.25) is 5.02 Å². The van der Waals surface area contributed by atoms with Gasteiger partial charge in [0.2, 0.25) is 11.8 Å². The van der Waals surface area contributed by atoms with E-state index in [2.05, 4.69) is 10.6 Å². The molecule has 0 bridgehead atoms. The Bertz CT molecular complexity index is 734. The zero-order valence-electron chi connectivity index (χ0n) is 16.7. The maximum atomic E-state index is 12.4. The molecule has 0 unspecified atom stereocenters. The fourth-order valence-electron chi connectivity index (χ4n) is 3.88. The molecule has 2 aliphatic rings. The van der Waals surface area contributed by atoms with Gasteiger partial charge >= 0.3 is 6.03 Å². The number of rotatable bonds is 7. The summed E-state index contributed by atoms with van der Waals surface area (Å²) in [6.07, 6.45) is 4.52. The van der Waals surface area contributed by atoms with E-state index in [9.17, 15) is 14.4 Å². The zero-order valence-corrected chi connectivity index (χ0v) is 17.4. The van der Waals surface area contributed by atoms with E-state index in [1.165, 1.54) is 0 Å². The molecule has 2 fully saturated rings. The molecule has 29 heavy (non-hydrogen) atoms. The van der Waals surface area contributed by atoms with Gasteiger partial charge in [-0.15, -0.1) is 0 Å². The van der Waals surface area contributed by atoms with Crippen LogP contribution in [0, 0.1) is 5.92 Å². The van der Waals surface area contributed by atoms with Crippen LogP contribution in [0.1, 0.15) is 38.5 Å². The lowest BCUT2D eigenvalue weighted by Gasteiger charge is -2.31. The highest BCUT2D eigenvalue weighted by molar-refractivity contribution is 6.30. The molecule has 7 nitrogen and oxygen atoms in total. The van der Waals surface area contributed by atoms with Crippen LogP contribution in [0.15, 0.2) is 24.3 Å². The predicted octanol–water partition coefficient (Wildman–Crippen LogP) is 3.10. The molecule has 0 radical (unpaired) electrons. The number of urea groups is 1. The number of piperidine rings is 1. The van der Waals surface area contributed by atoms with Crippen LogP contribution in [0.3, 0.4) is 0 Å². The number of hydrogen-bond acceptors (Lipinski definition) is 3. The van der Waals surface area contributed by atoms with Gasteiger partial charge in [0.15, 0.2) is 0 Å². The number of amides is 4. The third kappa shape index (κ3) is 6.63. The van der Waals surface area contributed by atoms with Crippen molar-refractivity contribution >= 4 is 35.1 Å². The number of benzene rings is 1. The van der Waals surface area contributed by atoms with Gasteiger partial charge in [0.1, 0.15) is 0 Å². The van der Waals surface area contributed by atoms with E-state index in [1.807, 2.05) is 4.90 Å². The highest BCUT2D eigenvalue weighted by Crippen LogP contribution is 2.22. The van der Waals surface area contributed by atoms with E-state index in [-0.39, 0.29) is 17.8 Å². The molecule has 2 N–H and O–H groups in total. The Balaban J connectivity index is 1.30. The second kappa shape index (κ2) is 10.5. The summed E-state index contributed by atoms with van der Waals surface area (Å²) in [6.45, 7) is 3.45. The van der Waals surface area contributed by atoms with Crippen LogP contribution in [-0.2, 0) is 9.59 Å². The summed E-state index contributed by atoms with van der Waals surface area (Å²) in [6, 6.07) is 6.95. The van der Waals surface area contributed by atoms with Crippen molar-refractivity contribution < 1.29 is 14.4 Å². The van der Waals surface area contributed by atoms with Gasteiger partial charge < -0.3 is 20.4 Å². The Morgan fingerprint density at radius 2 is 1.97 bits per heavy atom. The first kappa shape index (κ1) is 21.4. The first-order chi connectivity index (χ1) is 14.0. The molecular weight excluding hydrogens is 392 g/mol. The minimum absolute atomic E-state index is 0.0552. The fraction of sp³-hybridized carbons (Fsp3) is 0.571. The molecule has 0 spiro atoms. The van der Waals surface area contributed by atoms with Gasteiger partial charge in [-0.3, -0.25) is 9.59 Å². The molecule has 4 amide bonds. The van der Waals surface area contributed by atoms with E-state index in [0.29, 0.717) is 49.1 Å². The van der Waals surface area contributed by atoms with Gasteiger partial charge in [-0.25, -0.2) is 4.79 Å². The third-order valence-electron chi connectivity index (χ3n) is 5.55. The van der Waals surface area contributed by atoms with Crippen molar-refractivity contribution in [2.24, 2.45) is 5.92 Å². The average Bonchev–Trinajstić information content (AvgIpc) is 3.10. The SMILES string of the molecule is O=C(CC1CCN(C(=O)Nc2cccc(Cl)c2)CC1)NCCCN1CCCC1=O. The van der Waals surface area contributed by atoms with Gasteiger partial charge in [0.25, 0.3) is 0 Å². The Morgan fingerprint density at radius 3 is 2.66 bits per heavy atom. The molecule has 2 aliphatic heterocycles. The van der Waals surface area contributed by atoms with Crippen LogP contribution in [-0.4, -0.2) is 60.4 Å². The fourth-order valence-corrected chi connectivity index (χ4v) is 4.07. The van der Waals surface area contributed by atoms with Gasteiger partial charge in [-0.05, 0) is 49.8 Å². The number of anilines is 1. The topological polar surface area (TPSA) is 81.8 Å². The monoisotopic (exact) mass is 420 g/mol. The maximum absolute atomic E-state index is 12.4. The largest absolute Gasteiger partial charge is 0.356 e. The molecule has 0 aliphatic carbocycles. The number of hydrogen-bond donors (Lipinski definition) is 2. The molecule has 158 valence electrons. The lowest BCUT2D eigenvalue weighted by Crippen LogP contribution is -2.42. The Kier molecular flexibility index (Phi) is 7.75. The molecule has 1 aromatic rings. The number of carbonyl (C=O) groups is 3. The molecule has 2 heterocycles. The Hall–Kier alpha value is -2.28. The number of nitrogens with zero attached hydrogens (tertiary/aromatic N) is 2. The number of nitrogens with one attached hydrogen (secondary N) is 2. The maximum Gasteiger partial charge on any atom is 0.321 e. The van der Waals surface area contributed by atoms with Crippen molar-refractivity contribution in [3.63, 3.8) is 0 Å². The molecule has 3 rings (SSSR count). The van der Waals surface area contributed by atoms with Crippen molar-refractivity contribution in [1.29, 1.82) is 0 Å². The average molecular weight is 421 g/mol. The summed E-state index contributed by atoms with van der Waals surface area (Å²) in [5.41, 5.74) is 0.680. The number of halogens is 1. The van der Waals surface area contributed by atoms with Crippen LogP contribution >= 0.6 is 11.6 Å². The standard InChI is InChI=1S/C21H29ClN4O3/c22-17-4-1-5-18(15-17)24-21(29)26-12-7-16(8-13-26)14-19(27)23-9-3-11-25-10-2-6-20(25)28/h1,4-5,15-16H,2-3,6-14H2,(H,23,27)(H,24,29). The molecule has 8 heteroatoms. The molecule has 0 saturated carbocycles. The Morgan fingerprint density at radius 1 is 1.17 bits per heavy atom. The van der Waals surface area contributed by atoms with Crippen molar-refractivity contribution in [2.45, 2.75) is 38.5 Å². The molecule has 2 saturated heterocycles. The van der Waals surface area contributed by atoms with E-state index in [0.717, 1.165) is 38.8 Å². The first-order valence-electron chi connectivity index (χ1n) is 10.4. The van der Waals surface area contributed by atoms with Gasteiger partial charge in [0, 0.05) is 56.3 Å². The normalized spacial score (nSPS) is 17.5. The van der Waals surface area contributed by atoms with E-state index in [1.54, 1.807) is 29.2 Å². The highest BCUT2D eigenvalue weighted by atomic mass is 35.5. The van der Waals surface area contributed by atoms with Crippen molar-refractivity contribution in [3.8, 4) is 0 Å². The predicted molar refractivity (Wildman–Crippen MR) is 113 cm³/mol. The molecule has 0 atom stereocenters. The minimum Gasteiger partial charge on any atom is -0.356 e. The van der Waals surface area contributed by atoms with Gasteiger partial charge in [0.05, 0.1) is 0 Å². The van der Waals surface area contributed by atoms with Gasteiger partial charge in [-0.2, -0.15) is 0 Å². The quantitative estimate of drug-likeness (QED) is 0.665. The number of carbonyl (C=O) groups excluding carboxylic acids is 3. The zero-order chi connectivity index (χ0) is 20.6. The first-order valence-corrected chi connectivity index (χ1v) is 10.7. The van der Waals surface area contributed by atoms with E-state index < -0.39 is 0 Å². The van der Waals surface area contributed by atoms with Crippen molar-refractivity contribution in [3.05, 3.63) is 29.3 Å². The highest BCUT2D eigenvalue weighted by Gasteiger charge is 2.24. The third-order valence-corrected chi connectivity index (χ3v) is 5.79. The second-order valence-corrected chi connectivity index (χ2v) is 8.20. The van der Waals surface area contributed by atoms with Crippen LogP contribution < -0.4 is 10.6 Å². The molecular formula is C21H29ClN4O3. The van der Waals surface area contributed by atoms with Crippen LogP contribution in [0.25, 0.3) is 0 Å². The number of likely N-dealkylation sites (tertiary alicyclic amines) is 2. The van der Waals surface area contributed by atoms with Gasteiger partial charge in [-0.1, -0.05) is 17.7 Å². The van der Waals surface area contributed by atoms with Crippen molar-refractivity contribution in [1.82, 2.24) is 15.1 Å². The lowest BCUT2D eigenvalue weighted by atomic mass is 9.93. The smallest absolute Gasteiger partial charge is 0.321 e. The molecule has 1 aromatic carbocycles. The van der Waals surface area contributed by atoms with Crippen LogP contribution in [0.5, 0.6) is 0 Å². The summed E-state index contributed by atoms with van der Waals surface area (Å²) in [7, 11) is 0. The summed E-state index contributed by atoms with van der Waals surface area (Å²) < 4.78 is 0. The van der Waals surface area contributed by atoms with E-state index in [4.69, 9.17) is 11.6 Å². The Labute approximate surface area is 176 Å². The summed E-state index contributed by atoms with van der Waals surface area (Å²) >= 11 is 5.95.